The fraction of sp³-hybridized carbons (Fsp3) is 0.385. The Balaban J connectivity index is 2.89. The van der Waals surface area contributed by atoms with Crippen LogP contribution in [0.3, 0.4) is 0 Å². The lowest BCUT2D eigenvalue weighted by atomic mass is 10.1. The standard InChI is InChI=1S/C13H16F3N/c1-9(10(2)17-3)8-11-4-6-12(7-5-11)13(14,15)16/h4-8,10,17H,1-3H3/b9-8+. The predicted octanol–water partition coefficient (Wildman–Crippen LogP) is 3.72. The summed E-state index contributed by atoms with van der Waals surface area (Å²) in [6.45, 7) is 3.94. The molecular formula is C13H16F3N. The van der Waals surface area contributed by atoms with Gasteiger partial charge in [0, 0.05) is 6.04 Å². The molecule has 0 saturated carbocycles. The lowest BCUT2D eigenvalue weighted by Gasteiger charge is -2.11. The maximum atomic E-state index is 12.3. The molecule has 1 atom stereocenters. The zero-order valence-electron chi connectivity index (χ0n) is 10.1. The largest absolute Gasteiger partial charge is 0.416 e. The van der Waals surface area contributed by atoms with Crippen LogP contribution >= 0.6 is 0 Å². The van der Waals surface area contributed by atoms with Gasteiger partial charge in [-0.3, -0.25) is 0 Å². The van der Waals surface area contributed by atoms with E-state index in [0.29, 0.717) is 0 Å². The van der Waals surface area contributed by atoms with Crippen LogP contribution in [-0.4, -0.2) is 13.1 Å². The van der Waals surface area contributed by atoms with E-state index in [1.54, 1.807) is 0 Å². The van der Waals surface area contributed by atoms with Crippen molar-refractivity contribution in [1.82, 2.24) is 5.32 Å². The van der Waals surface area contributed by atoms with E-state index in [1.165, 1.54) is 12.1 Å². The van der Waals surface area contributed by atoms with Crippen LogP contribution in [-0.2, 0) is 6.18 Å². The number of hydrogen-bond acceptors (Lipinski definition) is 1. The minimum Gasteiger partial charge on any atom is -0.314 e. The highest BCUT2D eigenvalue weighted by Crippen LogP contribution is 2.29. The van der Waals surface area contributed by atoms with Crippen molar-refractivity contribution in [3.8, 4) is 0 Å². The van der Waals surface area contributed by atoms with E-state index in [9.17, 15) is 13.2 Å². The third-order valence-corrected chi connectivity index (χ3v) is 2.75. The van der Waals surface area contributed by atoms with Gasteiger partial charge in [0.15, 0.2) is 0 Å². The van der Waals surface area contributed by atoms with Gasteiger partial charge in [-0.25, -0.2) is 0 Å². The Labute approximate surface area is 99.3 Å². The topological polar surface area (TPSA) is 12.0 Å². The molecule has 1 aromatic carbocycles. The molecule has 17 heavy (non-hydrogen) atoms. The lowest BCUT2D eigenvalue weighted by molar-refractivity contribution is -0.137. The molecule has 0 aromatic heterocycles. The van der Waals surface area contributed by atoms with Gasteiger partial charge >= 0.3 is 6.18 Å². The number of nitrogens with one attached hydrogen (secondary N) is 1. The summed E-state index contributed by atoms with van der Waals surface area (Å²) in [5.74, 6) is 0. The van der Waals surface area contributed by atoms with Crippen LogP contribution in [0.5, 0.6) is 0 Å². The number of hydrogen-bond donors (Lipinski definition) is 1. The van der Waals surface area contributed by atoms with Gasteiger partial charge in [-0.05, 0) is 38.6 Å². The third kappa shape index (κ3) is 3.89. The second kappa shape index (κ2) is 5.36. The van der Waals surface area contributed by atoms with Crippen LogP contribution in [0.4, 0.5) is 13.2 Å². The van der Waals surface area contributed by atoms with Crippen LogP contribution in [0.2, 0.25) is 0 Å². The first-order valence-corrected chi connectivity index (χ1v) is 5.37. The van der Waals surface area contributed by atoms with Crippen molar-refractivity contribution >= 4 is 6.08 Å². The molecule has 94 valence electrons. The smallest absolute Gasteiger partial charge is 0.314 e. The Morgan fingerprint density at radius 2 is 1.76 bits per heavy atom. The summed E-state index contributed by atoms with van der Waals surface area (Å²) in [6.07, 6.45) is -2.39. The number of alkyl halides is 3. The van der Waals surface area contributed by atoms with Crippen LogP contribution in [0.25, 0.3) is 6.08 Å². The van der Waals surface area contributed by atoms with Crippen molar-refractivity contribution in [3.63, 3.8) is 0 Å². The molecule has 0 aliphatic rings. The van der Waals surface area contributed by atoms with Gasteiger partial charge in [-0.15, -0.1) is 0 Å². The van der Waals surface area contributed by atoms with Gasteiger partial charge in [0.2, 0.25) is 0 Å². The van der Waals surface area contributed by atoms with E-state index in [-0.39, 0.29) is 6.04 Å². The Kier molecular flexibility index (Phi) is 4.34. The van der Waals surface area contributed by atoms with Crippen molar-refractivity contribution < 1.29 is 13.2 Å². The van der Waals surface area contributed by atoms with Gasteiger partial charge in [-0.2, -0.15) is 13.2 Å². The van der Waals surface area contributed by atoms with Crippen LogP contribution in [0.15, 0.2) is 29.8 Å². The molecule has 1 nitrogen and oxygen atoms in total. The first kappa shape index (κ1) is 13.8. The minimum atomic E-state index is -4.27. The van der Waals surface area contributed by atoms with E-state index in [2.05, 4.69) is 5.32 Å². The van der Waals surface area contributed by atoms with Crippen molar-refractivity contribution in [2.45, 2.75) is 26.1 Å². The molecule has 0 aliphatic heterocycles. The number of rotatable bonds is 3. The molecule has 0 aliphatic carbocycles. The average molecular weight is 243 g/mol. The highest BCUT2D eigenvalue weighted by Gasteiger charge is 2.29. The molecule has 0 fully saturated rings. The molecule has 1 aromatic rings. The summed E-state index contributed by atoms with van der Waals surface area (Å²) in [5.41, 5.74) is 1.24. The third-order valence-electron chi connectivity index (χ3n) is 2.75. The lowest BCUT2D eigenvalue weighted by Crippen LogP contribution is -2.21. The molecule has 0 saturated heterocycles. The van der Waals surface area contributed by atoms with Crippen molar-refractivity contribution in [3.05, 3.63) is 41.0 Å². The van der Waals surface area contributed by atoms with Gasteiger partial charge < -0.3 is 5.32 Å². The van der Waals surface area contributed by atoms with Gasteiger partial charge in [0.25, 0.3) is 0 Å². The maximum absolute atomic E-state index is 12.3. The van der Waals surface area contributed by atoms with E-state index in [1.807, 2.05) is 27.0 Å². The Morgan fingerprint density at radius 3 is 2.18 bits per heavy atom. The predicted molar refractivity (Wildman–Crippen MR) is 63.6 cm³/mol. The average Bonchev–Trinajstić information content (AvgIpc) is 2.27. The van der Waals surface area contributed by atoms with Crippen LogP contribution in [0.1, 0.15) is 25.0 Å². The fourth-order valence-electron chi connectivity index (χ4n) is 1.38. The Hall–Kier alpha value is -1.29. The summed E-state index contributed by atoms with van der Waals surface area (Å²) in [4.78, 5) is 0. The van der Waals surface area contributed by atoms with E-state index >= 15 is 0 Å². The molecule has 0 radical (unpaired) electrons. The van der Waals surface area contributed by atoms with Gasteiger partial charge in [-0.1, -0.05) is 23.8 Å². The Bertz CT molecular complexity index is 390. The summed E-state index contributed by atoms with van der Waals surface area (Å²) >= 11 is 0. The molecular weight excluding hydrogens is 227 g/mol. The van der Waals surface area contributed by atoms with Crippen molar-refractivity contribution in [1.29, 1.82) is 0 Å². The van der Waals surface area contributed by atoms with Crippen LogP contribution < -0.4 is 5.32 Å². The molecule has 1 unspecified atom stereocenters. The summed E-state index contributed by atoms with van der Waals surface area (Å²) < 4.78 is 37.0. The van der Waals surface area contributed by atoms with Crippen molar-refractivity contribution in [2.75, 3.05) is 7.05 Å². The first-order chi connectivity index (χ1) is 7.84. The highest BCUT2D eigenvalue weighted by atomic mass is 19.4. The minimum absolute atomic E-state index is 0.206. The van der Waals surface area contributed by atoms with E-state index < -0.39 is 11.7 Å². The maximum Gasteiger partial charge on any atom is 0.416 e. The number of halogens is 3. The zero-order chi connectivity index (χ0) is 13.1. The van der Waals surface area contributed by atoms with Crippen LogP contribution in [0, 0.1) is 0 Å². The second-order valence-electron chi connectivity index (χ2n) is 4.02. The molecule has 0 heterocycles. The van der Waals surface area contributed by atoms with Gasteiger partial charge in [0.05, 0.1) is 5.56 Å². The van der Waals surface area contributed by atoms with E-state index in [4.69, 9.17) is 0 Å². The molecule has 0 spiro atoms. The molecule has 0 bridgehead atoms. The number of benzene rings is 1. The highest BCUT2D eigenvalue weighted by molar-refractivity contribution is 5.54. The van der Waals surface area contributed by atoms with Gasteiger partial charge in [0.1, 0.15) is 0 Å². The fourth-order valence-corrected chi connectivity index (χ4v) is 1.38. The second-order valence-corrected chi connectivity index (χ2v) is 4.02. The summed E-state index contributed by atoms with van der Waals surface area (Å²) in [6, 6.07) is 5.37. The summed E-state index contributed by atoms with van der Waals surface area (Å²) in [7, 11) is 1.84. The molecule has 0 amide bonds. The Morgan fingerprint density at radius 1 is 1.24 bits per heavy atom. The van der Waals surface area contributed by atoms with Crippen molar-refractivity contribution in [2.24, 2.45) is 0 Å². The molecule has 1 rings (SSSR count). The quantitative estimate of drug-likeness (QED) is 0.853. The normalized spacial score (nSPS) is 14.8. The summed E-state index contributed by atoms with van der Waals surface area (Å²) in [5, 5.41) is 3.07. The molecule has 1 N–H and O–H groups in total. The van der Waals surface area contributed by atoms with E-state index in [0.717, 1.165) is 23.3 Å². The number of likely N-dealkylation sites (N-methyl/N-ethyl adjacent to an activating group) is 1. The zero-order valence-corrected chi connectivity index (χ0v) is 10.1. The SMILES string of the molecule is CNC(C)/C(C)=C/c1ccc(C(F)(F)F)cc1. The first-order valence-electron chi connectivity index (χ1n) is 5.37. The monoisotopic (exact) mass is 243 g/mol. The molecule has 4 heteroatoms.